The van der Waals surface area contributed by atoms with E-state index in [1.54, 1.807) is 43.0 Å². The van der Waals surface area contributed by atoms with Crippen LogP contribution in [0.5, 0.6) is 5.75 Å². The first-order valence-corrected chi connectivity index (χ1v) is 11.9. The average molecular weight is 514 g/mol. The number of benzene rings is 3. The maximum absolute atomic E-state index is 13.5. The van der Waals surface area contributed by atoms with Crippen molar-refractivity contribution in [1.82, 2.24) is 4.57 Å². The predicted molar refractivity (Wildman–Crippen MR) is 129 cm³/mol. The molecule has 0 radical (unpaired) electrons. The number of hydrogen-bond donors (Lipinski definition) is 1. The molecule has 1 N–H and O–H groups in total. The van der Waals surface area contributed by atoms with Crippen molar-refractivity contribution < 1.29 is 19.0 Å². The number of fused-ring (bicyclic) bond motifs is 1. The number of phenolic OH excluding ortho intramolecular Hbond substituents is 1. The Balaban J connectivity index is 1.89. The van der Waals surface area contributed by atoms with Crippen LogP contribution in [-0.4, -0.2) is 22.2 Å². The molecule has 4 nitrogen and oxygen atoms in total. The zero-order valence-corrected chi connectivity index (χ0v) is 19.7. The number of ether oxygens (including phenoxy) is 1. The lowest BCUT2D eigenvalue weighted by atomic mass is 10.1. The van der Waals surface area contributed by atoms with Crippen LogP contribution < -0.4 is 0 Å². The van der Waals surface area contributed by atoms with E-state index in [0.717, 1.165) is 21.7 Å². The third-order valence-corrected chi connectivity index (χ3v) is 6.75. The quantitative estimate of drug-likeness (QED) is 0.219. The fraction of sp³-hybridized carbons (Fsp3) is 0.160. The largest absolute Gasteiger partial charge is 0.507 e. The summed E-state index contributed by atoms with van der Waals surface area (Å²) in [5.41, 5.74) is 2.91. The number of carbonyl (C=O) groups is 1. The number of phenols is 1. The highest BCUT2D eigenvalue weighted by atomic mass is 79.9. The summed E-state index contributed by atoms with van der Waals surface area (Å²) in [4.78, 5) is 14.1. The molecule has 0 atom stereocenters. The number of rotatable bonds is 7. The standard InChI is InChI=1S/C25H21BrFNO3S/c1-2-31-25(30)24-19-12-23(29)20(26)13-21(19)28(14-16-8-10-17(27)11-9-16)22(24)15-32-18-6-4-3-5-7-18/h3-13,29H,2,14-15H2,1H3. The maximum Gasteiger partial charge on any atom is 0.340 e. The summed E-state index contributed by atoms with van der Waals surface area (Å²) in [5, 5.41) is 10.9. The molecule has 0 amide bonds. The number of thioether (sulfide) groups is 1. The van der Waals surface area contributed by atoms with E-state index in [9.17, 15) is 14.3 Å². The summed E-state index contributed by atoms with van der Waals surface area (Å²) in [7, 11) is 0. The van der Waals surface area contributed by atoms with Gasteiger partial charge in [0.1, 0.15) is 11.6 Å². The monoisotopic (exact) mass is 513 g/mol. The minimum Gasteiger partial charge on any atom is -0.507 e. The summed E-state index contributed by atoms with van der Waals surface area (Å²) < 4.78 is 21.4. The molecule has 0 aliphatic rings. The van der Waals surface area contributed by atoms with Gasteiger partial charge in [-0.3, -0.25) is 0 Å². The van der Waals surface area contributed by atoms with E-state index in [1.165, 1.54) is 12.1 Å². The molecule has 1 heterocycles. The number of aromatic hydroxyl groups is 1. The molecule has 164 valence electrons. The van der Waals surface area contributed by atoms with Gasteiger partial charge in [-0.1, -0.05) is 30.3 Å². The van der Waals surface area contributed by atoms with Crippen molar-refractivity contribution in [2.24, 2.45) is 0 Å². The Morgan fingerprint density at radius 1 is 1.12 bits per heavy atom. The number of esters is 1. The number of hydrogen-bond acceptors (Lipinski definition) is 4. The lowest BCUT2D eigenvalue weighted by molar-refractivity contribution is 0.0527. The summed E-state index contributed by atoms with van der Waals surface area (Å²) >= 11 is 5.00. The van der Waals surface area contributed by atoms with Crippen LogP contribution in [0.1, 0.15) is 28.5 Å². The van der Waals surface area contributed by atoms with Gasteiger partial charge in [-0.2, -0.15) is 0 Å². The molecule has 0 bridgehead atoms. The first-order valence-electron chi connectivity index (χ1n) is 10.1. The topological polar surface area (TPSA) is 51.5 Å². The van der Waals surface area contributed by atoms with Crippen LogP contribution in [0.25, 0.3) is 10.9 Å². The third kappa shape index (κ3) is 4.69. The molecule has 3 aromatic carbocycles. The van der Waals surface area contributed by atoms with Crippen LogP contribution in [0.15, 0.2) is 76.1 Å². The number of halogens is 2. The lowest BCUT2D eigenvalue weighted by Gasteiger charge is -2.13. The van der Waals surface area contributed by atoms with Gasteiger partial charge in [-0.15, -0.1) is 11.8 Å². The molecule has 4 aromatic rings. The highest BCUT2D eigenvalue weighted by Gasteiger charge is 2.25. The Morgan fingerprint density at radius 3 is 2.53 bits per heavy atom. The van der Waals surface area contributed by atoms with E-state index < -0.39 is 5.97 Å². The van der Waals surface area contributed by atoms with E-state index in [2.05, 4.69) is 15.9 Å². The van der Waals surface area contributed by atoms with Gasteiger partial charge in [0.2, 0.25) is 0 Å². The summed E-state index contributed by atoms with van der Waals surface area (Å²) in [6.07, 6.45) is 0. The van der Waals surface area contributed by atoms with E-state index in [0.29, 0.717) is 27.7 Å². The number of aromatic nitrogens is 1. The first kappa shape index (κ1) is 22.4. The fourth-order valence-electron chi connectivity index (χ4n) is 3.61. The molecule has 0 saturated carbocycles. The molecule has 0 saturated heterocycles. The van der Waals surface area contributed by atoms with Gasteiger partial charge in [-0.25, -0.2) is 9.18 Å². The molecule has 4 rings (SSSR count). The van der Waals surface area contributed by atoms with Gasteiger partial charge < -0.3 is 14.4 Å². The fourth-order valence-corrected chi connectivity index (χ4v) is 4.90. The van der Waals surface area contributed by atoms with Crippen LogP contribution in [0, 0.1) is 5.82 Å². The molecule has 1 aromatic heterocycles. The molecule has 0 fully saturated rings. The Kier molecular flexibility index (Phi) is 6.86. The van der Waals surface area contributed by atoms with Crippen molar-refractivity contribution in [3.63, 3.8) is 0 Å². The Bertz CT molecular complexity index is 1260. The first-order chi connectivity index (χ1) is 15.5. The van der Waals surface area contributed by atoms with Gasteiger partial charge >= 0.3 is 5.97 Å². The van der Waals surface area contributed by atoms with Crippen LogP contribution in [0.2, 0.25) is 0 Å². The van der Waals surface area contributed by atoms with Gasteiger partial charge in [0.05, 0.1) is 22.2 Å². The number of carbonyl (C=O) groups excluding carboxylic acids is 1. The van der Waals surface area contributed by atoms with Crippen molar-refractivity contribution in [2.45, 2.75) is 24.1 Å². The second-order valence-corrected chi connectivity index (χ2v) is 9.08. The van der Waals surface area contributed by atoms with E-state index in [1.807, 2.05) is 34.9 Å². The second-order valence-electron chi connectivity index (χ2n) is 7.18. The van der Waals surface area contributed by atoms with Crippen molar-refractivity contribution in [3.8, 4) is 5.75 Å². The minimum atomic E-state index is -0.430. The molecular formula is C25H21BrFNO3S. The van der Waals surface area contributed by atoms with Gasteiger partial charge in [0.15, 0.2) is 0 Å². The van der Waals surface area contributed by atoms with Crippen molar-refractivity contribution in [3.05, 3.63) is 93.8 Å². The highest BCUT2D eigenvalue weighted by molar-refractivity contribution is 9.10. The molecular weight excluding hydrogens is 493 g/mol. The molecule has 0 aliphatic heterocycles. The summed E-state index contributed by atoms with van der Waals surface area (Å²) in [5.74, 6) is -0.164. The summed E-state index contributed by atoms with van der Waals surface area (Å²) in [6.45, 7) is 2.46. The van der Waals surface area contributed by atoms with Crippen molar-refractivity contribution in [1.29, 1.82) is 0 Å². The zero-order valence-electron chi connectivity index (χ0n) is 17.3. The van der Waals surface area contributed by atoms with Gasteiger partial charge in [0, 0.05) is 28.3 Å². The smallest absolute Gasteiger partial charge is 0.340 e. The van der Waals surface area contributed by atoms with Crippen LogP contribution in [0.3, 0.4) is 0 Å². The number of nitrogens with zero attached hydrogens (tertiary/aromatic N) is 1. The van der Waals surface area contributed by atoms with Crippen LogP contribution in [0.4, 0.5) is 4.39 Å². The van der Waals surface area contributed by atoms with Crippen molar-refractivity contribution in [2.75, 3.05) is 6.61 Å². The second kappa shape index (κ2) is 9.79. The van der Waals surface area contributed by atoms with E-state index in [4.69, 9.17) is 4.74 Å². The predicted octanol–water partition coefficient (Wildman–Crippen LogP) is 6.77. The SMILES string of the molecule is CCOC(=O)c1c(CSc2ccccc2)n(Cc2ccc(F)cc2)c2cc(Br)c(O)cc12. The highest BCUT2D eigenvalue weighted by Crippen LogP contribution is 2.37. The van der Waals surface area contributed by atoms with E-state index in [-0.39, 0.29) is 18.2 Å². The normalized spacial score (nSPS) is 11.1. The average Bonchev–Trinajstić information content (AvgIpc) is 3.07. The molecule has 0 spiro atoms. The van der Waals surface area contributed by atoms with Crippen molar-refractivity contribution >= 4 is 44.6 Å². The van der Waals surface area contributed by atoms with Gasteiger partial charge in [-0.05, 0) is 64.8 Å². The molecule has 32 heavy (non-hydrogen) atoms. The van der Waals surface area contributed by atoms with Crippen LogP contribution >= 0.6 is 27.7 Å². The zero-order chi connectivity index (χ0) is 22.7. The maximum atomic E-state index is 13.5. The third-order valence-electron chi connectivity index (χ3n) is 5.09. The lowest BCUT2D eigenvalue weighted by Crippen LogP contribution is -2.10. The van der Waals surface area contributed by atoms with E-state index >= 15 is 0 Å². The Hall–Kier alpha value is -2.77. The molecule has 0 aliphatic carbocycles. The van der Waals surface area contributed by atoms with Crippen LogP contribution in [-0.2, 0) is 17.0 Å². The molecule has 7 heteroatoms. The Morgan fingerprint density at radius 2 is 1.84 bits per heavy atom. The summed E-state index contributed by atoms with van der Waals surface area (Å²) in [6, 6.07) is 19.6. The van der Waals surface area contributed by atoms with Gasteiger partial charge in [0.25, 0.3) is 0 Å². The minimum absolute atomic E-state index is 0.0456. The molecule has 0 unspecified atom stereocenters. The Labute approximate surface area is 198 Å².